The standard InChI is InChI=1S/C11H22N2O2/c1-8-6-9(2)13(10(3)7-8)12(4)11(14)15-5/h8-10H,6-7H2,1-5H3. The highest BCUT2D eigenvalue weighted by molar-refractivity contribution is 5.66. The molecular formula is C11H22N2O2. The van der Waals surface area contributed by atoms with Gasteiger partial charge in [-0.1, -0.05) is 6.92 Å². The number of hydrazine groups is 1. The van der Waals surface area contributed by atoms with E-state index in [0.717, 1.165) is 18.8 Å². The van der Waals surface area contributed by atoms with E-state index in [1.54, 1.807) is 12.1 Å². The first-order valence-electron chi connectivity index (χ1n) is 5.57. The fraction of sp³-hybridized carbons (Fsp3) is 0.909. The summed E-state index contributed by atoms with van der Waals surface area (Å²) in [6.07, 6.45) is 1.97. The van der Waals surface area contributed by atoms with Crippen LogP contribution in [0.15, 0.2) is 0 Å². The van der Waals surface area contributed by atoms with Gasteiger partial charge in [0.05, 0.1) is 7.11 Å². The van der Waals surface area contributed by atoms with E-state index in [-0.39, 0.29) is 6.09 Å². The quantitative estimate of drug-likeness (QED) is 0.670. The molecule has 0 saturated carbocycles. The molecule has 1 rings (SSSR count). The van der Waals surface area contributed by atoms with Crippen LogP contribution in [-0.2, 0) is 4.74 Å². The fourth-order valence-electron chi connectivity index (χ4n) is 2.73. The van der Waals surface area contributed by atoms with Crippen LogP contribution < -0.4 is 0 Å². The van der Waals surface area contributed by atoms with Gasteiger partial charge in [-0.05, 0) is 32.6 Å². The van der Waals surface area contributed by atoms with Crippen LogP contribution in [0.25, 0.3) is 0 Å². The fourth-order valence-corrected chi connectivity index (χ4v) is 2.73. The molecule has 2 unspecified atom stereocenters. The summed E-state index contributed by atoms with van der Waals surface area (Å²) >= 11 is 0. The molecule has 1 amide bonds. The zero-order valence-electron chi connectivity index (χ0n) is 10.4. The predicted molar refractivity (Wildman–Crippen MR) is 59.3 cm³/mol. The summed E-state index contributed by atoms with van der Waals surface area (Å²) in [6.45, 7) is 6.58. The van der Waals surface area contributed by atoms with Crippen LogP contribution in [0.4, 0.5) is 4.79 Å². The molecule has 0 radical (unpaired) electrons. The summed E-state index contributed by atoms with van der Waals surface area (Å²) in [6, 6.07) is 0.792. The Hall–Kier alpha value is -0.770. The predicted octanol–water partition coefficient (Wildman–Crippen LogP) is 2.11. The van der Waals surface area contributed by atoms with E-state index in [9.17, 15) is 4.79 Å². The zero-order chi connectivity index (χ0) is 11.6. The normalized spacial score (nSPS) is 32.5. The third kappa shape index (κ3) is 2.62. The summed E-state index contributed by atoms with van der Waals surface area (Å²) < 4.78 is 4.73. The van der Waals surface area contributed by atoms with Crippen molar-refractivity contribution in [2.24, 2.45) is 5.92 Å². The second-order valence-corrected chi connectivity index (χ2v) is 4.65. The number of amides is 1. The van der Waals surface area contributed by atoms with Crippen molar-refractivity contribution in [1.82, 2.24) is 10.0 Å². The lowest BCUT2D eigenvalue weighted by molar-refractivity contribution is -0.0822. The number of nitrogens with zero attached hydrogens (tertiary/aromatic N) is 2. The van der Waals surface area contributed by atoms with Crippen molar-refractivity contribution in [3.8, 4) is 0 Å². The Balaban J connectivity index is 2.70. The minimum atomic E-state index is -0.289. The van der Waals surface area contributed by atoms with Crippen LogP contribution in [0.5, 0.6) is 0 Å². The van der Waals surface area contributed by atoms with Crippen LogP contribution in [0.3, 0.4) is 0 Å². The first-order chi connectivity index (χ1) is 6.97. The lowest BCUT2D eigenvalue weighted by Gasteiger charge is -2.45. The van der Waals surface area contributed by atoms with Crippen LogP contribution in [0.1, 0.15) is 33.6 Å². The lowest BCUT2D eigenvalue weighted by Crippen LogP contribution is -2.56. The Morgan fingerprint density at radius 2 is 1.73 bits per heavy atom. The average Bonchev–Trinajstić information content (AvgIpc) is 2.14. The molecule has 0 aromatic rings. The van der Waals surface area contributed by atoms with Gasteiger partial charge in [0, 0.05) is 19.1 Å². The Bertz CT molecular complexity index is 221. The second kappa shape index (κ2) is 4.84. The highest BCUT2D eigenvalue weighted by Gasteiger charge is 2.33. The van der Waals surface area contributed by atoms with Gasteiger partial charge in [-0.2, -0.15) is 0 Å². The molecular weight excluding hydrogens is 192 g/mol. The molecule has 0 spiro atoms. The number of carbonyl (C=O) groups excluding carboxylic acids is 1. The molecule has 1 aliphatic rings. The molecule has 0 aromatic heterocycles. The number of rotatable bonds is 1. The van der Waals surface area contributed by atoms with Crippen molar-refractivity contribution in [2.45, 2.75) is 45.7 Å². The number of carbonyl (C=O) groups is 1. The topological polar surface area (TPSA) is 32.8 Å². The maximum atomic E-state index is 11.4. The van der Waals surface area contributed by atoms with Gasteiger partial charge in [0.25, 0.3) is 0 Å². The maximum absolute atomic E-state index is 11.4. The number of methoxy groups -OCH3 is 1. The van der Waals surface area contributed by atoms with E-state index in [1.807, 2.05) is 0 Å². The van der Waals surface area contributed by atoms with Crippen molar-refractivity contribution >= 4 is 6.09 Å². The Morgan fingerprint density at radius 3 is 2.13 bits per heavy atom. The van der Waals surface area contributed by atoms with Gasteiger partial charge in [-0.25, -0.2) is 14.8 Å². The molecule has 1 fully saturated rings. The number of ether oxygens (including phenoxy) is 1. The number of hydrogen-bond donors (Lipinski definition) is 0. The zero-order valence-corrected chi connectivity index (χ0v) is 10.4. The van der Waals surface area contributed by atoms with E-state index in [0.29, 0.717) is 12.1 Å². The Kier molecular flexibility index (Phi) is 3.97. The molecule has 4 heteroatoms. The second-order valence-electron chi connectivity index (χ2n) is 4.65. The SMILES string of the molecule is COC(=O)N(C)N1C(C)CC(C)CC1C. The molecule has 4 nitrogen and oxygen atoms in total. The molecule has 88 valence electrons. The van der Waals surface area contributed by atoms with Gasteiger partial charge in [0.2, 0.25) is 0 Å². The van der Waals surface area contributed by atoms with E-state index < -0.39 is 0 Å². The van der Waals surface area contributed by atoms with E-state index in [4.69, 9.17) is 4.74 Å². The molecule has 0 aromatic carbocycles. The smallest absolute Gasteiger partial charge is 0.423 e. The minimum absolute atomic E-state index is 0.289. The molecule has 0 bridgehead atoms. The molecule has 0 N–H and O–H groups in total. The maximum Gasteiger partial charge on any atom is 0.423 e. The van der Waals surface area contributed by atoms with Gasteiger partial charge >= 0.3 is 6.09 Å². The summed E-state index contributed by atoms with van der Waals surface area (Å²) in [5.41, 5.74) is 0. The summed E-state index contributed by atoms with van der Waals surface area (Å²) in [5.74, 6) is 0.734. The van der Waals surface area contributed by atoms with Crippen molar-refractivity contribution in [3.63, 3.8) is 0 Å². The average molecular weight is 214 g/mol. The van der Waals surface area contributed by atoms with Gasteiger partial charge < -0.3 is 4.74 Å². The molecule has 1 aliphatic heterocycles. The first kappa shape index (κ1) is 12.3. The van der Waals surface area contributed by atoms with Crippen LogP contribution >= 0.6 is 0 Å². The number of hydrogen-bond acceptors (Lipinski definition) is 3. The van der Waals surface area contributed by atoms with Crippen LogP contribution in [0, 0.1) is 5.92 Å². The minimum Gasteiger partial charge on any atom is -0.452 e. The van der Waals surface area contributed by atoms with Crippen LogP contribution in [-0.4, -0.2) is 42.4 Å². The van der Waals surface area contributed by atoms with Gasteiger partial charge in [0.15, 0.2) is 0 Å². The molecule has 0 aliphatic carbocycles. The van der Waals surface area contributed by atoms with Gasteiger partial charge in [-0.15, -0.1) is 0 Å². The highest BCUT2D eigenvalue weighted by Crippen LogP contribution is 2.28. The van der Waals surface area contributed by atoms with Crippen molar-refractivity contribution < 1.29 is 9.53 Å². The number of piperidine rings is 1. The summed E-state index contributed by atoms with van der Waals surface area (Å²) in [4.78, 5) is 11.4. The van der Waals surface area contributed by atoms with E-state index >= 15 is 0 Å². The molecule has 1 heterocycles. The van der Waals surface area contributed by atoms with Gasteiger partial charge in [-0.3, -0.25) is 0 Å². The van der Waals surface area contributed by atoms with Crippen molar-refractivity contribution in [1.29, 1.82) is 0 Å². The van der Waals surface area contributed by atoms with Gasteiger partial charge in [0.1, 0.15) is 0 Å². The molecule has 2 atom stereocenters. The van der Waals surface area contributed by atoms with Crippen molar-refractivity contribution in [3.05, 3.63) is 0 Å². The third-order valence-corrected chi connectivity index (χ3v) is 3.18. The monoisotopic (exact) mass is 214 g/mol. The van der Waals surface area contributed by atoms with E-state index in [1.165, 1.54) is 7.11 Å². The van der Waals surface area contributed by atoms with Crippen LogP contribution in [0.2, 0.25) is 0 Å². The lowest BCUT2D eigenvalue weighted by atomic mass is 9.90. The first-order valence-corrected chi connectivity index (χ1v) is 5.57. The summed E-state index contributed by atoms with van der Waals surface area (Å²) in [7, 11) is 3.19. The Morgan fingerprint density at radius 1 is 1.27 bits per heavy atom. The Labute approximate surface area is 92.1 Å². The van der Waals surface area contributed by atoms with Crippen molar-refractivity contribution in [2.75, 3.05) is 14.2 Å². The third-order valence-electron chi connectivity index (χ3n) is 3.18. The molecule has 1 saturated heterocycles. The highest BCUT2D eigenvalue weighted by atomic mass is 16.5. The van der Waals surface area contributed by atoms with E-state index in [2.05, 4.69) is 25.8 Å². The molecule has 15 heavy (non-hydrogen) atoms. The largest absolute Gasteiger partial charge is 0.452 e. The summed E-state index contributed by atoms with van der Waals surface area (Å²) in [5, 5.41) is 3.72.